The summed E-state index contributed by atoms with van der Waals surface area (Å²) in [5.74, 6) is 0. The molecule has 2 unspecified atom stereocenters. The lowest BCUT2D eigenvalue weighted by atomic mass is 9.85. The molecule has 140 valence electrons. The van der Waals surface area contributed by atoms with Crippen molar-refractivity contribution in [3.05, 3.63) is 70.8 Å². The van der Waals surface area contributed by atoms with Crippen LogP contribution in [-0.2, 0) is 35.2 Å². The maximum absolute atomic E-state index is 6.50. The Morgan fingerprint density at radius 2 is 1.00 bits per heavy atom. The zero-order chi connectivity index (χ0) is 17.8. The van der Waals surface area contributed by atoms with Gasteiger partial charge in [-0.2, -0.15) is 0 Å². The molecule has 2 aromatic carbocycles. The fourth-order valence-electron chi connectivity index (χ4n) is 5.50. The molecule has 2 aromatic rings. The second kappa shape index (κ2) is 6.42. The smallest absolute Gasteiger partial charge is 0.101 e. The highest BCUT2D eigenvalue weighted by Gasteiger charge is 2.43. The van der Waals surface area contributed by atoms with E-state index in [0.29, 0.717) is 25.5 Å². The minimum atomic E-state index is 0.265. The molecule has 2 bridgehead atoms. The molecule has 4 aliphatic rings. The van der Waals surface area contributed by atoms with Gasteiger partial charge in [0.25, 0.3) is 0 Å². The molecule has 2 saturated heterocycles. The Morgan fingerprint density at radius 3 is 1.44 bits per heavy atom. The fourth-order valence-corrected chi connectivity index (χ4v) is 5.50. The fraction of sp³-hybridized carbons (Fsp3) is 0.478. The molecule has 2 aliphatic carbocycles. The second-order valence-electron chi connectivity index (χ2n) is 8.48. The molecule has 2 fully saturated rings. The third-order valence-electron chi connectivity index (χ3n) is 7.01. The number of rotatable bonds is 0. The van der Waals surface area contributed by atoms with Crippen LogP contribution in [0.1, 0.15) is 22.3 Å². The van der Waals surface area contributed by atoms with Crippen LogP contribution in [0.15, 0.2) is 48.5 Å². The monoisotopic (exact) mass is 362 g/mol. The standard InChI is InChI=1S/C23H26N2O2/c1-3-7-18-11-22-20(9-16(18)5-1)24-13-25(15-26-22)21-10-17-6-2-4-8-19(17)12-23(21)27-14-24/h1-8,20-23H,9-15H2/t20-,21+,22-,23-/m0/s1. The van der Waals surface area contributed by atoms with Crippen molar-refractivity contribution < 1.29 is 9.47 Å². The van der Waals surface area contributed by atoms with E-state index in [1.807, 2.05) is 0 Å². The summed E-state index contributed by atoms with van der Waals surface area (Å²) in [6.45, 7) is 2.38. The summed E-state index contributed by atoms with van der Waals surface area (Å²) in [5.41, 5.74) is 5.86. The van der Waals surface area contributed by atoms with E-state index >= 15 is 0 Å². The molecule has 6 rings (SSSR count). The minimum Gasteiger partial charge on any atom is -0.361 e. The summed E-state index contributed by atoms with van der Waals surface area (Å²) >= 11 is 0. The van der Waals surface area contributed by atoms with Crippen molar-refractivity contribution >= 4 is 0 Å². The molecule has 0 N–H and O–H groups in total. The SMILES string of the molecule is c1ccc2c(c1)C[C@@H]1OCN3CN(CO[C@H]4Cc5ccccc5C[C@@H]43)[C@@H]1C2. The Hall–Kier alpha value is -1.72. The van der Waals surface area contributed by atoms with Gasteiger partial charge in [-0.15, -0.1) is 0 Å². The van der Waals surface area contributed by atoms with Crippen LogP contribution >= 0.6 is 0 Å². The van der Waals surface area contributed by atoms with Crippen molar-refractivity contribution in [1.82, 2.24) is 9.80 Å². The Morgan fingerprint density at radius 1 is 0.593 bits per heavy atom. The molecule has 0 spiro atoms. The van der Waals surface area contributed by atoms with Gasteiger partial charge in [0, 0.05) is 24.9 Å². The molecule has 27 heavy (non-hydrogen) atoms. The van der Waals surface area contributed by atoms with Crippen LogP contribution in [0.5, 0.6) is 0 Å². The second-order valence-corrected chi connectivity index (χ2v) is 8.48. The normalized spacial score (nSPS) is 37.0. The predicted octanol–water partition coefficient (Wildman–Crippen LogP) is 2.60. The Kier molecular flexibility index (Phi) is 3.86. The molecule has 4 nitrogen and oxygen atoms in total. The Labute approximate surface area is 160 Å². The van der Waals surface area contributed by atoms with Gasteiger partial charge >= 0.3 is 0 Å². The number of nitrogens with zero attached hydrogens (tertiary/aromatic N) is 2. The van der Waals surface area contributed by atoms with Gasteiger partial charge in [0.05, 0.1) is 18.9 Å². The molecule has 0 saturated carbocycles. The summed E-state index contributed by atoms with van der Waals surface area (Å²) in [7, 11) is 0. The van der Waals surface area contributed by atoms with Crippen molar-refractivity contribution in [1.29, 1.82) is 0 Å². The third-order valence-corrected chi connectivity index (χ3v) is 7.01. The van der Waals surface area contributed by atoms with Gasteiger partial charge in [-0.05, 0) is 35.1 Å². The molecule has 6 atom stereocenters. The zero-order valence-corrected chi connectivity index (χ0v) is 15.6. The minimum absolute atomic E-state index is 0.265. The quantitative estimate of drug-likeness (QED) is 0.719. The van der Waals surface area contributed by atoms with Crippen molar-refractivity contribution in [3.63, 3.8) is 0 Å². The first kappa shape index (κ1) is 16.3. The highest BCUT2D eigenvalue weighted by Crippen LogP contribution is 2.34. The maximum atomic E-state index is 6.50. The third kappa shape index (κ3) is 2.74. The first-order valence-electron chi connectivity index (χ1n) is 10.2. The van der Waals surface area contributed by atoms with E-state index in [2.05, 4.69) is 58.3 Å². The lowest BCUT2D eigenvalue weighted by Crippen LogP contribution is -2.49. The lowest BCUT2D eigenvalue weighted by Gasteiger charge is -2.38. The number of ether oxygens (including phenoxy) is 2. The van der Waals surface area contributed by atoms with E-state index in [9.17, 15) is 0 Å². The molecule has 0 aromatic heterocycles. The number of hydrogen-bond donors (Lipinski definition) is 0. The topological polar surface area (TPSA) is 24.9 Å². The van der Waals surface area contributed by atoms with Gasteiger partial charge < -0.3 is 9.47 Å². The van der Waals surface area contributed by atoms with Crippen molar-refractivity contribution in [3.8, 4) is 0 Å². The summed E-state index contributed by atoms with van der Waals surface area (Å²) in [6.07, 6.45) is 4.69. The van der Waals surface area contributed by atoms with Gasteiger partial charge in [0.15, 0.2) is 0 Å². The van der Waals surface area contributed by atoms with Crippen molar-refractivity contribution in [2.24, 2.45) is 0 Å². The lowest BCUT2D eigenvalue weighted by molar-refractivity contribution is -0.0878. The van der Waals surface area contributed by atoms with Crippen molar-refractivity contribution in [2.45, 2.75) is 50.0 Å². The average molecular weight is 362 g/mol. The number of hydrogen-bond acceptors (Lipinski definition) is 4. The van der Waals surface area contributed by atoms with Crippen LogP contribution in [0, 0.1) is 0 Å². The van der Waals surface area contributed by atoms with E-state index < -0.39 is 0 Å². The molecule has 0 radical (unpaired) electrons. The Bertz CT molecular complexity index is 784. The highest BCUT2D eigenvalue weighted by molar-refractivity contribution is 5.33. The maximum Gasteiger partial charge on any atom is 0.101 e. The zero-order valence-electron chi connectivity index (χ0n) is 15.6. The van der Waals surface area contributed by atoms with Gasteiger partial charge in [0.1, 0.15) is 13.5 Å². The number of fused-ring (bicyclic) bond motifs is 8. The molecule has 2 aliphatic heterocycles. The first-order valence-corrected chi connectivity index (χ1v) is 10.2. The van der Waals surface area contributed by atoms with Crippen LogP contribution in [0.4, 0.5) is 0 Å². The van der Waals surface area contributed by atoms with Crippen molar-refractivity contribution in [2.75, 3.05) is 20.1 Å². The summed E-state index contributed by atoms with van der Waals surface area (Å²) < 4.78 is 13.0. The first-order chi connectivity index (χ1) is 13.3. The van der Waals surface area contributed by atoms with Gasteiger partial charge in [-0.1, -0.05) is 48.5 Å². The van der Waals surface area contributed by atoms with Crippen LogP contribution < -0.4 is 0 Å². The van der Waals surface area contributed by atoms with Crippen LogP contribution in [0.3, 0.4) is 0 Å². The summed E-state index contributed by atoms with van der Waals surface area (Å²) in [5, 5.41) is 0. The molecule has 2 heterocycles. The van der Waals surface area contributed by atoms with E-state index in [0.717, 1.165) is 32.4 Å². The van der Waals surface area contributed by atoms with E-state index in [1.54, 1.807) is 0 Å². The van der Waals surface area contributed by atoms with E-state index in [-0.39, 0.29) is 12.2 Å². The molecular formula is C23H26N2O2. The average Bonchev–Trinajstić information content (AvgIpc) is 3.00. The van der Waals surface area contributed by atoms with Gasteiger partial charge in [0.2, 0.25) is 0 Å². The predicted molar refractivity (Wildman–Crippen MR) is 103 cm³/mol. The van der Waals surface area contributed by atoms with Crippen LogP contribution in [-0.4, -0.2) is 54.2 Å². The largest absolute Gasteiger partial charge is 0.361 e. The number of benzene rings is 2. The van der Waals surface area contributed by atoms with Crippen LogP contribution in [0.25, 0.3) is 0 Å². The van der Waals surface area contributed by atoms with E-state index in [4.69, 9.17) is 9.47 Å². The highest BCUT2D eigenvalue weighted by atomic mass is 16.5. The van der Waals surface area contributed by atoms with E-state index in [1.165, 1.54) is 22.3 Å². The van der Waals surface area contributed by atoms with Gasteiger partial charge in [-0.25, -0.2) is 0 Å². The molecular weight excluding hydrogens is 336 g/mol. The summed E-state index contributed by atoms with van der Waals surface area (Å²) in [4.78, 5) is 5.05. The van der Waals surface area contributed by atoms with Gasteiger partial charge in [-0.3, -0.25) is 9.80 Å². The van der Waals surface area contributed by atoms with Crippen LogP contribution in [0.2, 0.25) is 0 Å². The molecule has 0 amide bonds. The molecule has 4 heteroatoms. The summed E-state index contributed by atoms with van der Waals surface area (Å²) in [6, 6.07) is 18.5. The Balaban J connectivity index is 1.30.